The summed E-state index contributed by atoms with van der Waals surface area (Å²) in [6.45, 7) is 4.25. The molecule has 28 heavy (non-hydrogen) atoms. The summed E-state index contributed by atoms with van der Waals surface area (Å²) in [5.74, 6) is -0.312. The van der Waals surface area contributed by atoms with Crippen LogP contribution in [0.1, 0.15) is 42.6 Å². The van der Waals surface area contributed by atoms with Crippen LogP contribution < -0.4 is 0 Å². The van der Waals surface area contributed by atoms with E-state index >= 15 is 0 Å². The van der Waals surface area contributed by atoms with E-state index in [0.717, 1.165) is 48.8 Å². The summed E-state index contributed by atoms with van der Waals surface area (Å²) in [4.78, 5) is 6.54. The molecule has 1 saturated heterocycles. The molecular formula is C22H23ClFN3O. The van der Waals surface area contributed by atoms with Gasteiger partial charge < -0.3 is 9.67 Å². The summed E-state index contributed by atoms with van der Waals surface area (Å²) in [6.07, 6.45) is 6.50. The zero-order valence-corrected chi connectivity index (χ0v) is 16.6. The molecule has 146 valence electrons. The number of fused-ring (bicyclic) bond motifs is 5. The van der Waals surface area contributed by atoms with Gasteiger partial charge in [-0.05, 0) is 61.7 Å². The van der Waals surface area contributed by atoms with E-state index < -0.39 is 5.60 Å². The highest BCUT2D eigenvalue weighted by Gasteiger charge is 2.37. The predicted octanol–water partition coefficient (Wildman–Crippen LogP) is 4.43. The zero-order valence-electron chi connectivity index (χ0n) is 15.8. The van der Waals surface area contributed by atoms with Gasteiger partial charge in [0.15, 0.2) is 0 Å². The first-order chi connectivity index (χ1) is 13.5. The van der Waals surface area contributed by atoms with E-state index in [4.69, 9.17) is 11.6 Å². The van der Waals surface area contributed by atoms with Gasteiger partial charge in [0, 0.05) is 42.5 Å². The van der Waals surface area contributed by atoms with Gasteiger partial charge in [-0.2, -0.15) is 0 Å². The molecule has 4 nitrogen and oxygen atoms in total. The number of hydrogen-bond acceptors (Lipinski definition) is 3. The first kappa shape index (κ1) is 18.1. The third-order valence-corrected chi connectivity index (χ3v) is 6.61. The highest BCUT2D eigenvalue weighted by Crippen LogP contribution is 2.45. The number of rotatable bonds is 3. The maximum absolute atomic E-state index is 14.3. The van der Waals surface area contributed by atoms with Crippen LogP contribution in [-0.2, 0) is 18.6 Å². The molecule has 0 spiro atoms. The second-order valence-electron chi connectivity index (χ2n) is 8.18. The molecule has 2 atom stereocenters. The van der Waals surface area contributed by atoms with Crippen molar-refractivity contribution in [3.63, 3.8) is 0 Å². The fourth-order valence-electron chi connectivity index (χ4n) is 5.08. The van der Waals surface area contributed by atoms with Crippen LogP contribution in [0.3, 0.4) is 0 Å². The minimum atomic E-state index is -1.09. The molecule has 2 aliphatic heterocycles. The summed E-state index contributed by atoms with van der Waals surface area (Å²) in [6, 6.07) is 6.96. The Labute approximate surface area is 168 Å². The lowest BCUT2D eigenvalue weighted by Gasteiger charge is -2.32. The van der Waals surface area contributed by atoms with Gasteiger partial charge in [-0.3, -0.25) is 9.88 Å². The second kappa shape index (κ2) is 6.55. The fraction of sp³-hybridized carbons (Fsp3) is 0.409. The van der Waals surface area contributed by atoms with Crippen molar-refractivity contribution in [3.05, 3.63) is 64.3 Å². The lowest BCUT2D eigenvalue weighted by molar-refractivity contribution is 0.0383. The quantitative estimate of drug-likeness (QED) is 0.708. The van der Waals surface area contributed by atoms with Crippen molar-refractivity contribution < 1.29 is 9.50 Å². The average Bonchev–Trinajstić information content (AvgIpc) is 3.25. The minimum absolute atomic E-state index is 0.312. The lowest BCUT2D eigenvalue weighted by Crippen LogP contribution is -2.33. The summed E-state index contributed by atoms with van der Waals surface area (Å²) in [7, 11) is 0. The zero-order chi connectivity index (χ0) is 19.5. The van der Waals surface area contributed by atoms with Crippen molar-refractivity contribution in [2.75, 3.05) is 13.1 Å². The molecule has 3 aromatic rings. The number of hydrogen-bond donors (Lipinski definition) is 1. The summed E-state index contributed by atoms with van der Waals surface area (Å²) < 4.78 is 16.4. The highest BCUT2D eigenvalue weighted by atomic mass is 35.5. The molecular weight excluding hydrogens is 377 g/mol. The van der Waals surface area contributed by atoms with E-state index in [-0.39, 0.29) is 5.82 Å². The molecule has 5 rings (SSSR count). The van der Waals surface area contributed by atoms with E-state index in [9.17, 15) is 9.50 Å². The minimum Gasteiger partial charge on any atom is -0.384 e. The van der Waals surface area contributed by atoms with Crippen LogP contribution in [0.5, 0.6) is 0 Å². The Morgan fingerprint density at radius 1 is 1.29 bits per heavy atom. The van der Waals surface area contributed by atoms with Crippen molar-refractivity contribution in [3.8, 4) is 0 Å². The number of aliphatic hydroxyl groups is 1. The van der Waals surface area contributed by atoms with Crippen molar-refractivity contribution in [1.29, 1.82) is 0 Å². The molecule has 0 radical (unpaired) electrons. The van der Waals surface area contributed by atoms with Gasteiger partial charge in [0.2, 0.25) is 0 Å². The monoisotopic (exact) mass is 399 g/mol. The third kappa shape index (κ3) is 2.76. The topological polar surface area (TPSA) is 41.3 Å². The standard InChI is InChI=1S/C22H23ClFN3O/c1-22(28,14-4-7-25-8-5-14)13-27-19-6-10-26-9-2-3-18(26)20(19)16-11-15(24)12-17(23)21(16)27/h4-5,7-8,11-12,18,28H,2-3,6,9-10,13H2,1H3/t18-,22-/m1/s1. The number of nitrogens with zero attached hydrogens (tertiary/aromatic N) is 3. The fourth-order valence-corrected chi connectivity index (χ4v) is 5.39. The molecule has 6 heteroatoms. The van der Waals surface area contributed by atoms with Gasteiger partial charge in [0.25, 0.3) is 0 Å². The van der Waals surface area contributed by atoms with Crippen LogP contribution in [0.15, 0.2) is 36.7 Å². The Balaban J connectivity index is 1.71. The summed E-state index contributed by atoms with van der Waals surface area (Å²) >= 11 is 6.54. The molecule has 2 aliphatic rings. The number of aromatic nitrogens is 2. The Bertz CT molecular complexity index is 1050. The Kier molecular flexibility index (Phi) is 4.23. The van der Waals surface area contributed by atoms with Crippen LogP contribution >= 0.6 is 11.6 Å². The Morgan fingerprint density at radius 2 is 2.07 bits per heavy atom. The summed E-state index contributed by atoms with van der Waals surface area (Å²) in [5.41, 5.74) is 2.92. The molecule has 0 saturated carbocycles. The van der Waals surface area contributed by atoms with Crippen molar-refractivity contribution in [2.45, 2.75) is 44.4 Å². The number of pyridine rings is 1. The van der Waals surface area contributed by atoms with Crippen molar-refractivity contribution in [1.82, 2.24) is 14.5 Å². The molecule has 1 aromatic carbocycles. The lowest BCUT2D eigenvalue weighted by atomic mass is 9.95. The average molecular weight is 400 g/mol. The van der Waals surface area contributed by atoms with Gasteiger partial charge in [0.05, 0.1) is 17.1 Å². The van der Waals surface area contributed by atoms with Gasteiger partial charge in [-0.15, -0.1) is 0 Å². The summed E-state index contributed by atoms with van der Waals surface area (Å²) in [5, 5.41) is 12.6. The first-order valence-corrected chi connectivity index (χ1v) is 10.2. The largest absolute Gasteiger partial charge is 0.384 e. The van der Waals surface area contributed by atoms with E-state index in [1.807, 2.05) is 19.1 Å². The Morgan fingerprint density at radius 3 is 2.86 bits per heavy atom. The molecule has 0 bridgehead atoms. The van der Waals surface area contributed by atoms with Gasteiger partial charge in [0.1, 0.15) is 11.4 Å². The SMILES string of the molecule is C[C@@](O)(Cn1c2c(c3cc(F)cc(Cl)c31)[C@H]1CCCN1CC2)c1ccncc1. The van der Waals surface area contributed by atoms with Crippen molar-refractivity contribution in [2.24, 2.45) is 0 Å². The highest BCUT2D eigenvalue weighted by molar-refractivity contribution is 6.35. The van der Waals surface area contributed by atoms with Gasteiger partial charge >= 0.3 is 0 Å². The predicted molar refractivity (Wildman–Crippen MR) is 108 cm³/mol. The van der Waals surface area contributed by atoms with E-state index in [2.05, 4.69) is 14.5 Å². The molecule has 1 fully saturated rings. The molecule has 0 unspecified atom stereocenters. The van der Waals surface area contributed by atoms with Crippen molar-refractivity contribution >= 4 is 22.5 Å². The van der Waals surface area contributed by atoms with Crippen LogP contribution in [0, 0.1) is 5.82 Å². The van der Waals surface area contributed by atoms with Crippen LogP contribution in [0.25, 0.3) is 10.9 Å². The second-order valence-corrected chi connectivity index (χ2v) is 8.59. The Hall–Kier alpha value is -1.95. The molecule has 4 heterocycles. The number of benzene rings is 1. The molecule has 0 amide bonds. The molecule has 0 aliphatic carbocycles. The maximum atomic E-state index is 14.3. The smallest absolute Gasteiger partial charge is 0.125 e. The maximum Gasteiger partial charge on any atom is 0.125 e. The van der Waals surface area contributed by atoms with Gasteiger partial charge in [-0.1, -0.05) is 11.6 Å². The van der Waals surface area contributed by atoms with E-state index in [1.54, 1.807) is 18.5 Å². The van der Waals surface area contributed by atoms with Crippen LogP contribution in [0.2, 0.25) is 5.02 Å². The van der Waals surface area contributed by atoms with E-state index in [0.29, 0.717) is 17.6 Å². The van der Waals surface area contributed by atoms with Crippen LogP contribution in [0.4, 0.5) is 4.39 Å². The number of halogens is 2. The molecule has 1 N–H and O–H groups in total. The third-order valence-electron chi connectivity index (χ3n) is 6.33. The first-order valence-electron chi connectivity index (χ1n) is 9.82. The molecule has 2 aromatic heterocycles. The normalized spacial score (nSPS) is 21.5. The van der Waals surface area contributed by atoms with Gasteiger partial charge in [-0.25, -0.2) is 4.39 Å². The van der Waals surface area contributed by atoms with E-state index in [1.165, 1.54) is 17.3 Å². The van der Waals surface area contributed by atoms with Crippen LogP contribution in [-0.4, -0.2) is 32.6 Å².